The topological polar surface area (TPSA) is 60.2 Å². The Bertz CT molecular complexity index is 297. The van der Waals surface area contributed by atoms with Gasteiger partial charge >= 0.3 is 0 Å². The Morgan fingerprint density at radius 1 is 1.36 bits per heavy atom. The molecule has 1 aliphatic heterocycles. The number of alkyl halides is 1. The number of hydrogen-bond donors (Lipinski definition) is 1. The van der Waals surface area contributed by atoms with Crippen LogP contribution in [0.3, 0.4) is 0 Å². The highest BCUT2D eigenvalue weighted by atomic mass is 32.2. The van der Waals surface area contributed by atoms with Gasteiger partial charge in [0.15, 0.2) is 9.84 Å². The van der Waals surface area contributed by atoms with Gasteiger partial charge in [-0.05, 0) is 12.8 Å². The zero-order chi connectivity index (χ0) is 11.0. The molecule has 0 aromatic rings. The van der Waals surface area contributed by atoms with Crippen molar-refractivity contribution in [3.8, 4) is 0 Å². The second kappa shape index (κ2) is 3.45. The Morgan fingerprint density at radius 2 is 1.79 bits per heavy atom. The van der Waals surface area contributed by atoms with Gasteiger partial charge in [0.2, 0.25) is 0 Å². The summed E-state index contributed by atoms with van der Waals surface area (Å²) in [6, 6.07) is 0. The van der Waals surface area contributed by atoms with E-state index < -0.39 is 20.9 Å². The predicted molar refractivity (Wildman–Crippen MR) is 54.6 cm³/mol. The monoisotopic (exact) mass is 223 g/mol. The first-order valence-electron chi connectivity index (χ1n) is 4.82. The second-order valence-electron chi connectivity index (χ2n) is 4.71. The van der Waals surface area contributed by atoms with Crippen molar-refractivity contribution in [1.29, 1.82) is 0 Å². The van der Waals surface area contributed by atoms with Crippen LogP contribution in [0.25, 0.3) is 0 Å². The van der Waals surface area contributed by atoms with E-state index in [1.165, 1.54) is 0 Å². The zero-order valence-corrected chi connectivity index (χ0v) is 9.53. The van der Waals surface area contributed by atoms with Gasteiger partial charge in [0.25, 0.3) is 0 Å². The first-order valence-corrected chi connectivity index (χ1v) is 6.64. The SMILES string of the molecule is CC(C)(CN)C1(F)CCS(=O)(=O)CC1. The summed E-state index contributed by atoms with van der Waals surface area (Å²) in [6.07, 6.45) is 0.166. The highest BCUT2D eigenvalue weighted by molar-refractivity contribution is 7.91. The zero-order valence-electron chi connectivity index (χ0n) is 8.72. The van der Waals surface area contributed by atoms with Crippen molar-refractivity contribution in [2.45, 2.75) is 32.4 Å². The first-order chi connectivity index (χ1) is 6.22. The van der Waals surface area contributed by atoms with E-state index in [4.69, 9.17) is 5.73 Å². The van der Waals surface area contributed by atoms with Crippen molar-refractivity contribution in [2.24, 2.45) is 11.1 Å². The van der Waals surface area contributed by atoms with Gasteiger partial charge < -0.3 is 5.73 Å². The van der Waals surface area contributed by atoms with E-state index in [0.717, 1.165) is 0 Å². The Morgan fingerprint density at radius 3 is 2.14 bits per heavy atom. The van der Waals surface area contributed by atoms with E-state index in [-0.39, 0.29) is 30.9 Å². The van der Waals surface area contributed by atoms with Crippen LogP contribution >= 0.6 is 0 Å². The van der Waals surface area contributed by atoms with E-state index in [0.29, 0.717) is 0 Å². The lowest BCUT2D eigenvalue weighted by Crippen LogP contribution is -2.50. The quantitative estimate of drug-likeness (QED) is 0.756. The molecular formula is C9H18FNO2S. The van der Waals surface area contributed by atoms with Crippen LogP contribution in [0.2, 0.25) is 0 Å². The molecule has 0 amide bonds. The lowest BCUT2D eigenvalue weighted by Gasteiger charge is -2.42. The fraction of sp³-hybridized carbons (Fsp3) is 1.00. The minimum Gasteiger partial charge on any atom is -0.330 e. The molecule has 84 valence electrons. The molecule has 0 saturated carbocycles. The third-order valence-corrected chi connectivity index (χ3v) is 4.99. The van der Waals surface area contributed by atoms with Crippen LogP contribution in [0.1, 0.15) is 26.7 Å². The highest BCUT2D eigenvalue weighted by Gasteiger charge is 2.48. The van der Waals surface area contributed by atoms with Gasteiger partial charge in [0.05, 0.1) is 11.5 Å². The maximum Gasteiger partial charge on any atom is 0.150 e. The fourth-order valence-electron chi connectivity index (χ4n) is 1.72. The van der Waals surface area contributed by atoms with Crippen LogP contribution < -0.4 is 5.73 Å². The Labute approximate surface area is 84.8 Å². The molecule has 1 aliphatic rings. The summed E-state index contributed by atoms with van der Waals surface area (Å²) in [4.78, 5) is 0. The number of hydrogen-bond acceptors (Lipinski definition) is 3. The van der Waals surface area contributed by atoms with Crippen LogP contribution in [0.5, 0.6) is 0 Å². The molecule has 0 unspecified atom stereocenters. The summed E-state index contributed by atoms with van der Waals surface area (Å²) in [7, 11) is -3.00. The van der Waals surface area contributed by atoms with Crippen molar-refractivity contribution in [3.63, 3.8) is 0 Å². The normalized spacial score (nSPS) is 26.0. The average molecular weight is 223 g/mol. The molecule has 14 heavy (non-hydrogen) atoms. The van der Waals surface area contributed by atoms with E-state index in [1.807, 2.05) is 0 Å². The minimum atomic E-state index is -3.00. The largest absolute Gasteiger partial charge is 0.330 e. The first kappa shape index (κ1) is 11.9. The van der Waals surface area contributed by atoms with Gasteiger partial charge in [0, 0.05) is 12.0 Å². The van der Waals surface area contributed by atoms with Gasteiger partial charge in [-0.2, -0.15) is 0 Å². The molecule has 0 bridgehead atoms. The molecule has 0 aliphatic carbocycles. The number of sulfone groups is 1. The average Bonchev–Trinajstić information content (AvgIpc) is 2.10. The summed E-state index contributed by atoms with van der Waals surface area (Å²) < 4.78 is 36.7. The maximum atomic E-state index is 14.3. The van der Waals surface area contributed by atoms with Crippen LogP contribution in [-0.4, -0.2) is 32.1 Å². The molecule has 0 radical (unpaired) electrons. The minimum absolute atomic E-state index is 0.0487. The predicted octanol–water partition coefficient (Wildman–Crippen LogP) is 0.888. The van der Waals surface area contributed by atoms with Gasteiger partial charge in [-0.15, -0.1) is 0 Å². The molecule has 1 fully saturated rings. The smallest absolute Gasteiger partial charge is 0.150 e. The lowest BCUT2D eigenvalue weighted by atomic mass is 9.73. The van der Waals surface area contributed by atoms with E-state index in [9.17, 15) is 12.8 Å². The molecule has 3 nitrogen and oxygen atoms in total. The van der Waals surface area contributed by atoms with Crippen molar-refractivity contribution < 1.29 is 12.8 Å². The van der Waals surface area contributed by atoms with Crippen LogP contribution in [-0.2, 0) is 9.84 Å². The summed E-state index contributed by atoms with van der Waals surface area (Å²) >= 11 is 0. The molecule has 0 aromatic carbocycles. The third-order valence-electron chi connectivity index (χ3n) is 3.34. The van der Waals surface area contributed by atoms with Gasteiger partial charge in [-0.3, -0.25) is 0 Å². The van der Waals surface area contributed by atoms with E-state index in [1.54, 1.807) is 13.8 Å². The Kier molecular flexibility index (Phi) is 2.94. The lowest BCUT2D eigenvalue weighted by molar-refractivity contribution is 0.0126. The molecule has 2 N–H and O–H groups in total. The molecule has 0 atom stereocenters. The van der Waals surface area contributed by atoms with Gasteiger partial charge in [-0.25, -0.2) is 12.8 Å². The van der Waals surface area contributed by atoms with Crippen LogP contribution in [0, 0.1) is 5.41 Å². The number of halogens is 1. The second-order valence-corrected chi connectivity index (χ2v) is 7.01. The van der Waals surface area contributed by atoms with Crippen LogP contribution in [0.4, 0.5) is 4.39 Å². The van der Waals surface area contributed by atoms with Crippen molar-refractivity contribution in [2.75, 3.05) is 18.1 Å². The highest BCUT2D eigenvalue weighted by Crippen LogP contribution is 2.42. The van der Waals surface area contributed by atoms with Gasteiger partial charge in [0.1, 0.15) is 5.67 Å². The number of rotatable bonds is 2. The summed E-state index contributed by atoms with van der Waals surface area (Å²) in [5, 5.41) is 0. The molecule has 5 heteroatoms. The Balaban J connectivity index is 2.81. The van der Waals surface area contributed by atoms with Crippen molar-refractivity contribution >= 4 is 9.84 Å². The van der Waals surface area contributed by atoms with Crippen molar-refractivity contribution in [3.05, 3.63) is 0 Å². The van der Waals surface area contributed by atoms with Gasteiger partial charge in [-0.1, -0.05) is 13.8 Å². The Hall–Kier alpha value is -0.160. The molecule has 1 rings (SSSR count). The summed E-state index contributed by atoms with van der Waals surface area (Å²) in [5.74, 6) is -0.0974. The molecule has 0 aromatic heterocycles. The third kappa shape index (κ3) is 2.08. The molecule has 1 saturated heterocycles. The molecular weight excluding hydrogens is 205 g/mol. The van der Waals surface area contributed by atoms with E-state index >= 15 is 0 Å². The summed E-state index contributed by atoms with van der Waals surface area (Å²) in [6.45, 7) is 3.75. The number of nitrogens with two attached hydrogens (primary N) is 1. The van der Waals surface area contributed by atoms with E-state index in [2.05, 4.69) is 0 Å². The molecule has 0 spiro atoms. The summed E-state index contributed by atoms with van der Waals surface area (Å²) in [5.41, 5.74) is 3.44. The van der Waals surface area contributed by atoms with Crippen molar-refractivity contribution in [1.82, 2.24) is 0 Å². The molecule has 1 heterocycles. The maximum absolute atomic E-state index is 14.3. The standard InChI is InChI=1S/C9H18FNO2S/c1-8(2,7-11)9(10)3-5-14(12,13)6-4-9/h3-7,11H2,1-2H3. The van der Waals surface area contributed by atoms with Crippen LogP contribution in [0.15, 0.2) is 0 Å². The fourth-order valence-corrected chi connectivity index (χ4v) is 3.19.